The van der Waals surface area contributed by atoms with Gasteiger partial charge in [-0.25, -0.2) is 13.2 Å². The summed E-state index contributed by atoms with van der Waals surface area (Å²) >= 11 is 6.35. The average molecular weight is 499 g/mol. The summed E-state index contributed by atoms with van der Waals surface area (Å²) in [4.78, 5) is 29.0. The van der Waals surface area contributed by atoms with Gasteiger partial charge < -0.3 is 9.64 Å². The number of carbonyl (C=O) groups is 2. The van der Waals surface area contributed by atoms with Crippen LogP contribution in [0.5, 0.6) is 0 Å². The number of benzene rings is 1. The molecule has 7 nitrogen and oxygen atoms in total. The van der Waals surface area contributed by atoms with Crippen LogP contribution >= 0.6 is 11.6 Å². The third kappa shape index (κ3) is 7.69. The van der Waals surface area contributed by atoms with E-state index in [1.165, 1.54) is 0 Å². The van der Waals surface area contributed by atoms with Crippen molar-refractivity contribution in [1.82, 2.24) is 9.80 Å². The van der Waals surface area contributed by atoms with Crippen molar-refractivity contribution in [3.05, 3.63) is 33.8 Å². The summed E-state index contributed by atoms with van der Waals surface area (Å²) in [6.45, 7) is 6.77. The van der Waals surface area contributed by atoms with Crippen molar-refractivity contribution in [2.45, 2.75) is 71.1 Å². The normalized spacial score (nSPS) is 20.2. The van der Waals surface area contributed by atoms with Crippen LogP contribution in [0.4, 0.5) is 4.79 Å². The molecule has 1 aliphatic carbocycles. The summed E-state index contributed by atoms with van der Waals surface area (Å²) < 4.78 is 28.4. The Morgan fingerprint density at radius 3 is 2.45 bits per heavy atom. The van der Waals surface area contributed by atoms with Gasteiger partial charge in [-0.05, 0) is 68.4 Å². The highest BCUT2D eigenvalue weighted by atomic mass is 35.5. The number of ether oxygens (including phenoxy) is 1. The van der Waals surface area contributed by atoms with Gasteiger partial charge >= 0.3 is 6.09 Å². The van der Waals surface area contributed by atoms with Crippen molar-refractivity contribution in [2.75, 3.05) is 31.6 Å². The number of rotatable bonds is 8. The SMILES string of the molecule is Cc1c(CC(=O)CCS(C)(=O)=O)cc(Cl)cc1CN1CCN(C(=O)OC2CCCC2)[C@@H](C)C1. The molecule has 1 saturated carbocycles. The quantitative estimate of drug-likeness (QED) is 0.542. The molecule has 0 bridgehead atoms. The van der Waals surface area contributed by atoms with Gasteiger partial charge in [-0.15, -0.1) is 0 Å². The minimum Gasteiger partial charge on any atom is -0.446 e. The Balaban J connectivity index is 1.59. The number of sulfone groups is 1. The Kier molecular flexibility index (Phi) is 8.81. The van der Waals surface area contributed by atoms with Gasteiger partial charge in [0.25, 0.3) is 0 Å². The van der Waals surface area contributed by atoms with E-state index in [2.05, 4.69) is 4.90 Å². The first-order chi connectivity index (χ1) is 15.5. The lowest BCUT2D eigenvalue weighted by atomic mass is 9.97. The molecule has 0 unspecified atom stereocenters. The second-order valence-corrected chi connectivity index (χ2v) is 12.2. The number of hydrogen-bond acceptors (Lipinski definition) is 6. The van der Waals surface area contributed by atoms with Gasteiger partial charge in [0.2, 0.25) is 0 Å². The van der Waals surface area contributed by atoms with Crippen LogP contribution in [0, 0.1) is 6.92 Å². The molecule has 1 saturated heterocycles. The number of carbonyl (C=O) groups excluding carboxylic acids is 2. The highest BCUT2D eigenvalue weighted by molar-refractivity contribution is 7.90. The summed E-state index contributed by atoms with van der Waals surface area (Å²) in [5, 5.41) is 0.563. The number of amides is 1. The van der Waals surface area contributed by atoms with E-state index in [-0.39, 0.29) is 42.6 Å². The standard InChI is InChI=1S/C24H35ClN2O5S/c1-17-15-26(9-10-27(17)24(29)32-23-6-4-5-7-23)16-20-13-21(25)12-19(18(20)2)14-22(28)8-11-33(3,30)31/h12-13,17,23H,4-11,14-16H2,1-3H3/t17-/m0/s1. The van der Waals surface area contributed by atoms with Crippen molar-refractivity contribution in [2.24, 2.45) is 0 Å². The highest BCUT2D eigenvalue weighted by Gasteiger charge is 2.31. The van der Waals surface area contributed by atoms with Gasteiger partial charge in [0.1, 0.15) is 21.7 Å². The number of nitrogens with zero attached hydrogens (tertiary/aromatic N) is 2. The molecule has 9 heteroatoms. The predicted octanol–water partition coefficient (Wildman–Crippen LogP) is 3.78. The van der Waals surface area contributed by atoms with E-state index in [0.29, 0.717) is 18.1 Å². The fourth-order valence-electron chi connectivity index (χ4n) is 4.65. The van der Waals surface area contributed by atoms with Crippen LogP contribution in [0.25, 0.3) is 0 Å². The molecule has 33 heavy (non-hydrogen) atoms. The summed E-state index contributed by atoms with van der Waals surface area (Å²) in [6.07, 6.45) is 5.37. The van der Waals surface area contributed by atoms with Gasteiger partial charge in [0, 0.05) is 56.3 Å². The van der Waals surface area contributed by atoms with Gasteiger partial charge in [0.15, 0.2) is 0 Å². The Bertz CT molecular complexity index is 975. The van der Waals surface area contributed by atoms with Crippen LogP contribution in [-0.2, 0) is 32.3 Å². The van der Waals surface area contributed by atoms with Crippen LogP contribution in [0.1, 0.15) is 55.7 Å². The minimum atomic E-state index is -3.17. The van der Waals surface area contributed by atoms with Crippen molar-refractivity contribution < 1.29 is 22.7 Å². The van der Waals surface area contributed by atoms with Gasteiger partial charge in [0.05, 0.1) is 5.75 Å². The fraction of sp³-hybridized carbons (Fsp3) is 0.667. The van der Waals surface area contributed by atoms with E-state index in [1.807, 2.05) is 24.8 Å². The molecule has 1 atom stereocenters. The van der Waals surface area contributed by atoms with E-state index in [0.717, 1.165) is 61.7 Å². The van der Waals surface area contributed by atoms with Crippen molar-refractivity contribution in [3.8, 4) is 0 Å². The van der Waals surface area contributed by atoms with E-state index < -0.39 is 9.84 Å². The Hall–Kier alpha value is -1.64. The molecule has 1 amide bonds. The molecule has 3 rings (SSSR count). The second kappa shape index (κ2) is 11.2. The zero-order valence-corrected chi connectivity index (χ0v) is 21.4. The predicted molar refractivity (Wildman–Crippen MR) is 129 cm³/mol. The second-order valence-electron chi connectivity index (χ2n) is 9.51. The maximum atomic E-state index is 12.6. The molecular weight excluding hydrogens is 464 g/mol. The van der Waals surface area contributed by atoms with Crippen molar-refractivity contribution >= 4 is 33.3 Å². The third-order valence-corrected chi connectivity index (χ3v) is 7.80. The molecule has 184 valence electrons. The minimum absolute atomic E-state index is 0.0105. The van der Waals surface area contributed by atoms with Crippen LogP contribution in [0.2, 0.25) is 5.02 Å². The number of hydrogen-bond donors (Lipinski definition) is 0. The first-order valence-electron chi connectivity index (χ1n) is 11.7. The molecule has 1 heterocycles. The summed E-state index contributed by atoms with van der Waals surface area (Å²) in [7, 11) is -3.17. The molecule has 1 aromatic rings. The molecule has 1 aliphatic heterocycles. The van der Waals surface area contributed by atoms with Crippen LogP contribution < -0.4 is 0 Å². The molecule has 0 radical (unpaired) electrons. The van der Waals surface area contributed by atoms with E-state index in [4.69, 9.17) is 16.3 Å². The first-order valence-corrected chi connectivity index (χ1v) is 14.1. The fourth-order valence-corrected chi connectivity index (χ4v) is 5.51. The topological polar surface area (TPSA) is 84.0 Å². The Morgan fingerprint density at radius 1 is 1.15 bits per heavy atom. The Morgan fingerprint density at radius 2 is 1.82 bits per heavy atom. The summed E-state index contributed by atoms with van der Waals surface area (Å²) in [5.41, 5.74) is 2.88. The zero-order chi connectivity index (χ0) is 24.2. The summed E-state index contributed by atoms with van der Waals surface area (Å²) in [5.74, 6) is -0.247. The van der Waals surface area contributed by atoms with E-state index in [1.54, 1.807) is 6.07 Å². The molecule has 0 N–H and O–H groups in total. The Labute approximate surface area is 202 Å². The lowest BCUT2D eigenvalue weighted by Crippen LogP contribution is -2.54. The average Bonchev–Trinajstić information content (AvgIpc) is 3.22. The maximum absolute atomic E-state index is 12.6. The van der Waals surface area contributed by atoms with Gasteiger partial charge in [-0.3, -0.25) is 9.69 Å². The smallest absolute Gasteiger partial charge is 0.410 e. The highest BCUT2D eigenvalue weighted by Crippen LogP contribution is 2.25. The monoisotopic (exact) mass is 498 g/mol. The lowest BCUT2D eigenvalue weighted by molar-refractivity contribution is -0.118. The molecule has 1 aromatic carbocycles. The largest absolute Gasteiger partial charge is 0.446 e. The van der Waals surface area contributed by atoms with Crippen LogP contribution in [-0.4, -0.2) is 73.9 Å². The van der Waals surface area contributed by atoms with Crippen LogP contribution in [0.15, 0.2) is 12.1 Å². The number of halogens is 1. The molecular formula is C24H35ClN2O5S. The molecule has 2 aliphatic rings. The number of ketones is 1. The molecule has 0 spiro atoms. The lowest BCUT2D eigenvalue weighted by Gasteiger charge is -2.39. The zero-order valence-electron chi connectivity index (χ0n) is 19.8. The van der Waals surface area contributed by atoms with Crippen molar-refractivity contribution in [1.29, 1.82) is 0 Å². The first kappa shape index (κ1) is 26.0. The number of Topliss-reactive ketones (excluding diaryl/α,β-unsaturated/α-hetero) is 1. The summed E-state index contributed by atoms with van der Waals surface area (Å²) in [6, 6.07) is 3.76. The maximum Gasteiger partial charge on any atom is 0.410 e. The van der Waals surface area contributed by atoms with Gasteiger partial charge in [-0.1, -0.05) is 11.6 Å². The molecule has 2 fully saturated rings. The van der Waals surface area contributed by atoms with E-state index >= 15 is 0 Å². The van der Waals surface area contributed by atoms with Gasteiger partial charge in [-0.2, -0.15) is 0 Å². The van der Waals surface area contributed by atoms with E-state index in [9.17, 15) is 18.0 Å². The molecule has 0 aromatic heterocycles. The number of piperazine rings is 1. The van der Waals surface area contributed by atoms with Crippen LogP contribution in [0.3, 0.4) is 0 Å². The third-order valence-electron chi connectivity index (χ3n) is 6.64. The van der Waals surface area contributed by atoms with Crippen molar-refractivity contribution in [3.63, 3.8) is 0 Å².